The first-order chi connectivity index (χ1) is 12.8. The zero-order valence-electron chi connectivity index (χ0n) is 14.2. The Bertz CT molecular complexity index is 861. The van der Waals surface area contributed by atoms with Gasteiger partial charge in [-0.25, -0.2) is 9.59 Å². The Morgan fingerprint density at radius 1 is 1.11 bits per heavy atom. The number of aliphatic hydroxyl groups excluding tert-OH is 2. The minimum absolute atomic E-state index is 0. The lowest BCUT2D eigenvalue weighted by Gasteiger charge is -2.09. The number of aliphatic carboxylic acids is 2. The van der Waals surface area contributed by atoms with Crippen LogP contribution < -0.4 is 10.6 Å². The summed E-state index contributed by atoms with van der Waals surface area (Å²) in [5.74, 6) is -2.74. The Morgan fingerprint density at radius 2 is 1.71 bits per heavy atom. The van der Waals surface area contributed by atoms with Crippen LogP contribution in [0.25, 0.3) is 11.0 Å². The van der Waals surface area contributed by atoms with Gasteiger partial charge in [-0.05, 0) is 28.1 Å². The van der Waals surface area contributed by atoms with Gasteiger partial charge >= 0.3 is 11.9 Å². The number of benzene rings is 1. The predicted octanol–water partition coefficient (Wildman–Crippen LogP) is -1.18. The van der Waals surface area contributed by atoms with Gasteiger partial charge in [0.05, 0.1) is 22.2 Å². The minimum Gasteiger partial charge on any atom is -0.479 e. The van der Waals surface area contributed by atoms with E-state index in [1.807, 2.05) is 12.1 Å². The number of halogens is 1. The van der Waals surface area contributed by atoms with Gasteiger partial charge in [-0.2, -0.15) is 0 Å². The van der Waals surface area contributed by atoms with Crippen molar-refractivity contribution in [2.45, 2.75) is 12.2 Å². The van der Waals surface area contributed by atoms with Crippen molar-refractivity contribution in [2.24, 2.45) is 4.99 Å². The highest BCUT2D eigenvalue weighted by Gasteiger charge is 2.29. The van der Waals surface area contributed by atoms with Crippen LogP contribution in [0, 0.1) is 0 Å². The van der Waals surface area contributed by atoms with E-state index in [2.05, 4.69) is 41.5 Å². The van der Waals surface area contributed by atoms with Gasteiger partial charge in [0.25, 0.3) is 0 Å². The van der Waals surface area contributed by atoms with E-state index in [0.29, 0.717) is 0 Å². The highest BCUT2D eigenvalue weighted by molar-refractivity contribution is 9.10. The lowest BCUT2D eigenvalue weighted by molar-refractivity contribution is -0.165. The summed E-state index contributed by atoms with van der Waals surface area (Å²) >= 11 is 3.54. The maximum Gasteiger partial charge on any atom is 0.335 e. The molecular weight excluding hydrogens is 442 g/mol. The van der Waals surface area contributed by atoms with Crippen molar-refractivity contribution in [3.8, 4) is 0 Å². The average molecular weight is 460 g/mol. The molecule has 0 fully saturated rings. The Morgan fingerprint density at radius 3 is 2.25 bits per heavy atom. The van der Waals surface area contributed by atoms with Gasteiger partial charge in [-0.15, -0.1) is 0 Å². The molecule has 1 aromatic heterocycles. The summed E-state index contributed by atoms with van der Waals surface area (Å²) in [5.41, 5.74) is 2.65. The highest BCUT2D eigenvalue weighted by Crippen LogP contribution is 2.28. The largest absolute Gasteiger partial charge is 0.479 e. The number of carboxylic acid groups (broad SMARTS) is 2. The summed E-state index contributed by atoms with van der Waals surface area (Å²) in [5, 5.41) is 38.9. The number of aliphatic imine (C=N–C) groups is 1. The number of rotatable bonds is 4. The molecule has 28 heavy (non-hydrogen) atoms. The van der Waals surface area contributed by atoms with E-state index in [1.165, 1.54) is 0 Å². The van der Waals surface area contributed by atoms with Gasteiger partial charge in [0.1, 0.15) is 5.52 Å². The lowest BCUT2D eigenvalue weighted by atomic mass is 10.2. The summed E-state index contributed by atoms with van der Waals surface area (Å²) < 4.78 is 0.902. The van der Waals surface area contributed by atoms with Crippen molar-refractivity contribution in [3.05, 3.63) is 29.0 Å². The molecule has 152 valence electrons. The fourth-order valence-electron chi connectivity index (χ4n) is 1.98. The second kappa shape index (κ2) is 10.5. The molecule has 2 aromatic rings. The van der Waals surface area contributed by atoms with Gasteiger partial charge < -0.3 is 36.5 Å². The monoisotopic (exact) mass is 459 g/mol. The third-order valence-corrected chi connectivity index (χ3v) is 4.11. The first-order valence-corrected chi connectivity index (χ1v) is 8.37. The molecule has 0 spiro atoms. The van der Waals surface area contributed by atoms with Gasteiger partial charge in [0.2, 0.25) is 0 Å². The SMILES string of the molecule is Brc1c(NC2=NCCN2)ccc2nccnc12.O.O=C(O)C(O)C(O)C(=O)O. The van der Waals surface area contributed by atoms with Gasteiger partial charge in [-0.3, -0.25) is 15.0 Å². The van der Waals surface area contributed by atoms with E-state index < -0.39 is 24.1 Å². The maximum absolute atomic E-state index is 9.77. The van der Waals surface area contributed by atoms with Crippen LogP contribution in [0.4, 0.5) is 5.69 Å². The van der Waals surface area contributed by atoms with Gasteiger partial charge in [0, 0.05) is 18.9 Å². The molecule has 0 aliphatic carbocycles. The minimum atomic E-state index is -2.27. The molecule has 1 aliphatic rings. The summed E-state index contributed by atoms with van der Waals surface area (Å²) in [4.78, 5) is 32.4. The number of hydrogen-bond donors (Lipinski definition) is 6. The van der Waals surface area contributed by atoms with Gasteiger partial charge in [-0.1, -0.05) is 0 Å². The Balaban J connectivity index is 0.000000312. The van der Waals surface area contributed by atoms with E-state index in [9.17, 15) is 9.59 Å². The first kappa shape index (κ1) is 23.2. The van der Waals surface area contributed by atoms with Crippen molar-refractivity contribution in [1.29, 1.82) is 0 Å². The number of carbonyl (C=O) groups is 2. The van der Waals surface area contributed by atoms with E-state index in [1.54, 1.807) is 12.4 Å². The second-order valence-electron chi connectivity index (χ2n) is 5.20. The van der Waals surface area contributed by atoms with Crippen molar-refractivity contribution >= 4 is 50.5 Å². The normalized spacial score (nSPS) is 14.5. The number of nitrogens with one attached hydrogen (secondary N) is 2. The van der Waals surface area contributed by atoms with Crippen LogP contribution >= 0.6 is 15.9 Å². The van der Waals surface area contributed by atoms with Crippen LogP contribution in [0.15, 0.2) is 34.0 Å². The van der Waals surface area contributed by atoms with Crippen molar-refractivity contribution in [2.75, 3.05) is 18.4 Å². The summed E-state index contributed by atoms with van der Waals surface area (Å²) in [7, 11) is 0. The number of fused-ring (bicyclic) bond motifs is 1. The molecule has 3 rings (SSSR count). The number of anilines is 1. The Hall–Kier alpha value is -2.87. The molecule has 2 heterocycles. The molecule has 0 radical (unpaired) electrons. The molecular formula is C15H18BrN5O7. The molecule has 0 saturated carbocycles. The number of hydrogen-bond acceptors (Lipinski definition) is 9. The van der Waals surface area contributed by atoms with Crippen LogP contribution in [0.2, 0.25) is 0 Å². The van der Waals surface area contributed by atoms with Crippen molar-refractivity contribution in [3.63, 3.8) is 0 Å². The fourth-order valence-corrected chi connectivity index (χ4v) is 2.52. The van der Waals surface area contributed by atoms with E-state index in [0.717, 1.165) is 40.2 Å². The molecule has 1 aromatic carbocycles. The molecule has 8 N–H and O–H groups in total. The average Bonchev–Trinajstić information content (AvgIpc) is 3.16. The molecule has 13 heteroatoms. The van der Waals surface area contributed by atoms with Crippen LogP contribution in [0.3, 0.4) is 0 Å². The lowest BCUT2D eigenvalue weighted by Crippen LogP contribution is -2.39. The molecule has 2 unspecified atom stereocenters. The standard InChI is InChI=1S/C11H10BrN5.C4H6O6.H2O/c12-9-7(17-11-15-5-6-16-11)1-2-8-10(9)14-4-3-13-8;5-1(3(7)8)2(6)4(9)10;/h1-4H,5-6H2,(H2,15,16,17);1-2,5-6H,(H,7,8)(H,9,10);1H2. The number of aliphatic hydroxyl groups is 2. The number of nitrogens with zero attached hydrogens (tertiary/aromatic N) is 3. The zero-order chi connectivity index (χ0) is 20.0. The Labute approximate surface area is 166 Å². The molecule has 2 atom stereocenters. The second-order valence-corrected chi connectivity index (χ2v) is 5.99. The highest BCUT2D eigenvalue weighted by atomic mass is 79.9. The molecule has 1 aliphatic heterocycles. The maximum atomic E-state index is 9.77. The topological polar surface area (TPSA) is 209 Å². The zero-order valence-corrected chi connectivity index (χ0v) is 15.8. The number of guanidine groups is 1. The predicted molar refractivity (Wildman–Crippen MR) is 102 cm³/mol. The third kappa shape index (κ3) is 5.82. The third-order valence-electron chi connectivity index (χ3n) is 3.31. The van der Waals surface area contributed by atoms with E-state index >= 15 is 0 Å². The quantitative estimate of drug-likeness (QED) is 0.322. The molecule has 12 nitrogen and oxygen atoms in total. The van der Waals surface area contributed by atoms with Crippen molar-refractivity contribution < 1.29 is 35.5 Å². The molecule has 0 amide bonds. The van der Waals surface area contributed by atoms with E-state index in [4.69, 9.17) is 20.4 Å². The molecule has 0 bridgehead atoms. The van der Waals surface area contributed by atoms with Crippen LogP contribution in [-0.2, 0) is 9.59 Å². The van der Waals surface area contributed by atoms with Crippen molar-refractivity contribution in [1.82, 2.24) is 15.3 Å². The Kier molecular flexibility index (Phi) is 8.66. The number of carboxylic acids is 2. The fraction of sp³-hybridized carbons (Fsp3) is 0.267. The van der Waals surface area contributed by atoms with Crippen LogP contribution in [0.1, 0.15) is 0 Å². The number of aromatic nitrogens is 2. The summed E-state index contributed by atoms with van der Waals surface area (Å²) in [6.07, 6.45) is -1.16. The molecule has 0 saturated heterocycles. The van der Waals surface area contributed by atoms with Gasteiger partial charge in [0.15, 0.2) is 18.2 Å². The van der Waals surface area contributed by atoms with Crippen LogP contribution in [-0.4, -0.2) is 79.1 Å². The van der Waals surface area contributed by atoms with E-state index in [-0.39, 0.29) is 5.48 Å². The smallest absolute Gasteiger partial charge is 0.335 e. The summed E-state index contributed by atoms with van der Waals surface area (Å²) in [6, 6.07) is 3.90. The first-order valence-electron chi connectivity index (χ1n) is 7.57. The van der Waals surface area contributed by atoms with Crippen LogP contribution in [0.5, 0.6) is 0 Å². The summed E-state index contributed by atoms with van der Waals surface area (Å²) in [6.45, 7) is 1.70.